The van der Waals surface area contributed by atoms with Crippen molar-refractivity contribution in [2.24, 2.45) is 4.99 Å². The third-order valence-electron chi connectivity index (χ3n) is 3.54. The number of nitrogens with zero attached hydrogens (tertiary/aromatic N) is 1. The predicted octanol–water partition coefficient (Wildman–Crippen LogP) is 2.55. The minimum atomic E-state index is 0.676. The molecule has 0 unspecified atom stereocenters. The Morgan fingerprint density at radius 2 is 1.87 bits per heavy atom. The summed E-state index contributed by atoms with van der Waals surface area (Å²) < 4.78 is 10.6. The van der Waals surface area contributed by atoms with Crippen molar-refractivity contribution < 1.29 is 9.47 Å². The maximum atomic E-state index is 5.30. The lowest BCUT2D eigenvalue weighted by Gasteiger charge is -2.12. The summed E-state index contributed by atoms with van der Waals surface area (Å²) in [6.45, 7) is 4.86. The fraction of sp³-hybridized carbons (Fsp3) is 0.389. The Morgan fingerprint density at radius 1 is 1.09 bits per heavy atom. The van der Waals surface area contributed by atoms with Crippen LogP contribution in [0.4, 0.5) is 0 Å². The number of benzene rings is 2. The molecule has 23 heavy (non-hydrogen) atoms. The molecule has 0 fully saturated rings. The van der Waals surface area contributed by atoms with E-state index < -0.39 is 0 Å². The number of hydrogen-bond donors (Lipinski definition) is 2. The fourth-order valence-corrected chi connectivity index (χ4v) is 2.30. The summed E-state index contributed by atoms with van der Waals surface area (Å²) in [7, 11) is 3.45. The first-order valence-corrected chi connectivity index (χ1v) is 7.85. The van der Waals surface area contributed by atoms with Gasteiger partial charge in [-0.3, -0.25) is 4.99 Å². The van der Waals surface area contributed by atoms with Crippen molar-refractivity contribution in [2.45, 2.75) is 13.5 Å². The fourth-order valence-electron chi connectivity index (χ4n) is 2.30. The monoisotopic (exact) mass is 315 g/mol. The van der Waals surface area contributed by atoms with E-state index in [2.05, 4.69) is 39.9 Å². The minimum Gasteiger partial charge on any atom is -0.497 e. The summed E-state index contributed by atoms with van der Waals surface area (Å²) >= 11 is 0. The Morgan fingerprint density at radius 3 is 2.61 bits per heavy atom. The van der Waals surface area contributed by atoms with Crippen molar-refractivity contribution in [3.8, 4) is 5.75 Å². The van der Waals surface area contributed by atoms with Crippen LogP contribution in [0.1, 0.15) is 12.5 Å². The van der Waals surface area contributed by atoms with E-state index in [1.807, 2.05) is 19.1 Å². The van der Waals surface area contributed by atoms with Crippen molar-refractivity contribution in [1.29, 1.82) is 0 Å². The van der Waals surface area contributed by atoms with E-state index in [-0.39, 0.29) is 0 Å². The summed E-state index contributed by atoms with van der Waals surface area (Å²) in [5.41, 5.74) is 1.20. The quantitative estimate of drug-likeness (QED) is 0.468. The molecule has 0 bridgehead atoms. The van der Waals surface area contributed by atoms with Gasteiger partial charge in [0, 0.05) is 26.7 Å². The molecule has 0 aliphatic heterocycles. The SMILES string of the molecule is CCOCCNC(=NC)NCc1ccc2cc(OC)ccc2c1. The normalized spacial score (nSPS) is 11.5. The molecular weight excluding hydrogens is 290 g/mol. The highest BCUT2D eigenvalue weighted by Crippen LogP contribution is 2.21. The van der Waals surface area contributed by atoms with Gasteiger partial charge in [-0.25, -0.2) is 0 Å². The highest BCUT2D eigenvalue weighted by atomic mass is 16.5. The molecule has 0 saturated carbocycles. The van der Waals surface area contributed by atoms with Crippen LogP contribution in [0.2, 0.25) is 0 Å². The zero-order valence-electron chi connectivity index (χ0n) is 14.1. The molecule has 0 atom stereocenters. The van der Waals surface area contributed by atoms with Crippen LogP contribution in [0.15, 0.2) is 41.4 Å². The van der Waals surface area contributed by atoms with Gasteiger partial charge >= 0.3 is 0 Å². The second-order valence-corrected chi connectivity index (χ2v) is 5.10. The van der Waals surface area contributed by atoms with Crippen LogP contribution in [0.25, 0.3) is 10.8 Å². The van der Waals surface area contributed by atoms with Crippen LogP contribution in [0, 0.1) is 0 Å². The number of methoxy groups -OCH3 is 1. The molecule has 124 valence electrons. The van der Waals surface area contributed by atoms with E-state index in [9.17, 15) is 0 Å². The molecule has 2 N–H and O–H groups in total. The van der Waals surface area contributed by atoms with Crippen LogP contribution < -0.4 is 15.4 Å². The van der Waals surface area contributed by atoms with Gasteiger partial charge in [0.1, 0.15) is 5.75 Å². The highest BCUT2D eigenvalue weighted by Gasteiger charge is 2.01. The Hall–Kier alpha value is -2.27. The molecular formula is C18H25N3O2. The van der Waals surface area contributed by atoms with Crippen molar-refractivity contribution >= 4 is 16.7 Å². The first-order valence-electron chi connectivity index (χ1n) is 7.85. The van der Waals surface area contributed by atoms with E-state index in [1.165, 1.54) is 16.3 Å². The zero-order valence-corrected chi connectivity index (χ0v) is 14.1. The average molecular weight is 315 g/mol. The second-order valence-electron chi connectivity index (χ2n) is 5.10. The smallest absolute Gasteiger partial charge is 0.191 e. The molecule has 0 amide bonds. The number of ether oxygens (including phenoxy) is 2. The van der Waals surface area contributed by atoms with E-state index in [0.717, 1.165) is 31.4 Å². The standard InChI is InChI=1S/C18H25N3O2/c1-4-23-10-9-20-18(19-2)21-13-14-5-6-16-12-17(22-3)8-7-15(16)11-14/h5-8,11-12H,4,9-10,13H2,1-3H3,(H2,19,20,21). The Balaban J connectivity index is 1.93. The van der Waals surface area contributed by atoms with Gasteiger partial charge in [-0.1, -0.05) is 18.2 Å². The summed E-state index contributed by atoms with van der Waals surface area (Å²) in [5.74, 6) is 1.65. The van der Waals surface area contributed by atoms with Crippen molar-refractivity contribution in [1.82, 2.24) is 10.6 Å². The van der Waals surface area contributed by atoms with Gasteiger partial charge in [-0.15, -0.1) is 0 Å². The van der Waals surface area contributed by atoms with Crippen molar-refractivity contribution in [3.05, 3.63) is 42.0 Å². The second kappa shape index (κ2) is 9.00. The number of guanidine groups is 1. The van der Waals surface area contributed by atoms with Crippen LogP contribution in [-0.2, 0) is 11.3 Å². The molecule has 0 spiro atoms. The van der Waals surface area contributed by atoms with Crippen LogP contribution in [0.3, 0.4) is 0 Å². The molecule has 0 aliphatic rings. The molecule has 0 radical (unpaired) electrons. The lowest BCUT2D eigenvalue weighted by molar-refractivity contribution is 0.152. The first-order chi connectivity index (χ1) is 11.3. The van der Waals surface area contributed by atoms with Gasteiger partial charge in [0.25, 0.3) is 0 Å². The Kier molecular flexibility index (Phi) is 6.69. The van der Waals surface area contributed by atoms with Crippen LogP contribution in [0.5, 0.6) is 5.75 Å². The van der Waals surface area contributed by atoms with Gasteiger partial charge in [-0.05, 0) is 41.5 Å². The largest absolute Gasteiger partial charge is 0.497 e. The molecule has 5 nitrogen and oxygen atoms in total. The highest BCUT2D eigenvalue weighted by molar-refractivity contribution is 5.85. The van der Waals surface area contributed by atoms with Gasteiger partial charge in [-0.2, -0.15) is 0 Å². The van der Waals surface area contributed by atoms with Gasteiger partial charge in [0.05, 0.1) is 13.7 Å². The molecule has 0 aromatic heterocycles. The molecule has 0 heterocycles. The van der Waals surface area contributed by atoms with E-state index >= 15 is 0 Å². The lowest BCUT2D eigenvalue weighted by atomic mass is 10.1. The summed E-state index contributed by atoms with van der Waals surface area (Å²) in [5, 5.41) is 8.90. The maximum absolute atomic E-state index is 5.30. The number of nitrogens with one attached hydrogen (secondary N) is 2. The minimum absolute atomic E-state index is 0.676. The Bertz CT molecular complexity index is 656. The Labute approximate surface area is 137 Å². The molecule has 2 aromatic rings. The molecule has 2 aromatic carbocycles. The topological polar surface area (TPSA) is 54.9 Å². The van der Waals surface area contributed by atoms with Crippen LogP contribution in [-0.4, -0.2) is 39.9 Å². The number of fused-ring (bicyclic) bond motifs is 1. The average Bonchev–Trinajstić information content (AvgIpc) is 2.60. The summed E-state index contributed by atoms with van der Waals surface area (Å²) in [6.07, 6.45) is 0. The van der Waals surface area contributed by atoms with Crippen molar-refractivity contribution in [3.63, 3.8) is 0 Å². The first kappa shape index (κ1) is 17.1. The predicted molar refractivity (Wildman–Crippen MR) is 95.2 cm³/mol. The zero-order chi connectivity index (χ0) is 16.5. The van der Waals surface area contributed by atoms with E-state index in [4.69, 9.17) is 9.47 Å². The van der Waals surface area contributed by atoms with Crippen LogP contribution >= 0.6 is 0 Å². The maximum Gasteiger partial charge on any atom is 0.191 e. The molecule has 5 heteroatoms. The molecule has 2 rings (SSSR count). The van der Waals surface area contributed by atoms with E-state index in [0.29, 0.717) is 6.61 Å². The third kappa shape index (κ3) is 5.14. The number of aliphatic imine (C=N–C) groups is 1. The van der Waals surface area contributed by atoms with Gasteiger partial charge < -0.3 is 20.1 Å². The molecule has 0 saturated heterocycles. The summed E-state index contributed by atoms with van der Waals surface area (Å²) in [6, 6.07) is 12.5. The molecule has 0 aliphatic carbocycles. The summed E-state index contributed by atoms with van der Waals surface area (Å²) in [4.78, 5) is 4.21. The van der Waals surface area contributed by atoms with E-state index in [1.54, 1.807) is 14.2 Å². The van der Waals surface area contributed by atoms with Crippen molar-refractivity contribution in [2.75, 3.05) is 33.9 Å². The number of rotatable bonds is 7. The van der Waals surface area contributed by atoms with Gasteiger partial charge in [0.15, 0.2) is 5.96 Å². The lowest BCUT2D eigenvalue weighted by Crippen LogP contribution is -2.38. The number of hydrogen-bond acceptors (Lipinski definition) is 3. The van der Waals surface area contributed by atoms with Gasteiger partial charge in [0.2, 0.25) is 0 Å². The third-order valence-corrected chi connectivity index (χ3v) is 3.54.